The van der Waals surface area contributed by atoms with Crippen LogP contribution in [0.3, 0.4) is 0 Å². The number of hydrogen-bond donors (Lipinski definition) is 1. The Morgan fingerprint density at radius 3 is 2.93 bits per heavy atom. The third-order valence-electron chi connectivity index (χ3n) is 2.46. The summed E-state index contributed by atoms with van der Waals surface area (Å²) in [5, 5.41) is 8.86. The lowest BCUT2D eigenvalue weighted by atomic mass is 10.1. The van der Waals surface area contributed by atoms with E-state index < -0.39 is 5.97 Å². The summed E-state index contributed by atoms with van der Waals surface area (Å²) in [5.41, 5.74) is 0.720. The number of aromatic carboxylic acids is 1. The van der Waals surface area contributed by atoms with Crippen molar-refractivity contribution in [3.05, 3.63) is 17.2 Å². The number of imidazole rings is 1. The number of carboxylic acid groups (broad SMARTS) is 1. The summed E-state index contributed by atoms with van der Waals surface area (Å²) < 4.78 is 1.71. The second kappa shape index (κ2) is 3.25. The lowest BCUT2D eigenvalue weighted by Crippen LogP contribution is -2.14. The summed E-state index contributed by atoms with van der Waals surface area (Å²) in [4.78, 5) is 25.3. The number of rotatable bonds is 2. The molecule has 1 N–H and O–H groups in total. The summed E-state index contributed by atoms with van der Waals surface area (Å²) in [6.07, 6.45) is 3.25. The topological polar surface area (TPSA) is 72.2 Å². The van der Waals surface area contributed by atoms with Gasteiger partial charge in [0, 0.05) is 6.54 Å². The van der Waals surface area contributed by atoms with E-state index in [4.69, 9.17) is 5.11 Å². The molecule has 5 nitrogen and oxygen atoms in total. The van der Waals surface area contributed by atoms with Gasteiger partial charge in [-0.05, 0) is 19.3 Å². The average Bonchev–Trinajstić information content (AvgIpc) is 2.56. The van der Waals surface area contributed by atoms with E-state index in [9.17, 15) is 9.59 Å². The van der Waals surface area contributed by atoms with Gasteiger partial charge in [0.25, 0.3) is 0 Å². The highest BCUT2D eigenvalue weighted by Crippen LogP contribution is 2.20. The molecule has 0 bridgehead atoms. The summed E-state index contributed by atoms with van der Waals surface area (Å²) in [6, 6.07) is 0. The molecule has 0 aromatic carbocycles. The SMILES string of the molecule is O=Cc1nc(C(=O)O)c2n1CCCC2. The summed E-state index contributed by atoms with van der Waals surface area (Å²) in [7, 11) is 0. The first-order valence-corrected chi connectivity index (χ1v) is 4.52. The van der Waals surface area contributed by atoms with Gasteiger partial charge in [0.15, 0.2) is 17.8 Å². The molecule has 0 aliphatic carbocycles. The molecule has 1 aromatic heterocycles. The van der Waals surface area contributed by atoms with E-state index in [1.165, 1.54) is 0 Å². The first-order valence-electron chi connectivity index (χ1n) is 4.52. The third kappa shape index (κ3) is 1.21. The minimum absolute atomic E-state index is 0.0341. The Bertz CT molecular complexity index is 395. The van der Waals surface area contributed by atoms with Crippen LogP contribution in [-0.4, -0.2) is 26.9 Å². The average molecular weight is 194 g/mol. The van der Waals surface area contributed by atoms with Crippen LogP contribution in [0.5, 0.6) is 0 Å². The number of carboxylic acids is 1. The second-order valence-corrected chi connectivity index (χ2v) is 3.30. The number of nitrogens with zero attached hydrogens (tertiary/aromatic N) is 2. The predicted molar refractivity (Wildman–Crippen MR) is 47.5 cm³/mol. The molecular formula is C9H10N2O3. The van der Waals surface area contributed by atoms with E-state index in [0.717, 1.165) is 12.8 Å². The van der Waals surface area contributed by atoms with Crippen LogP contribution in [0.25, 0.3) is 0 Å². The van der Waals surface area contributed by atoms with Gasteiger partial charge in [0.1, 0.15) is 0 Å². The van der Waals surface area contributed by atoms with Gasteiger partial charge < -0.3 is 9.67 Å². The van der Waals surface area contributed by atoms with Crippen molar-refractivity contribution in [2.45, 2.75) is 25.8 Å². The van der Waals surface area contributed by atoms with Crippen LogP contribution < -0.4 is 0 Å². The summed E-state index contributed by atoms with van der Waals surface area (Å²) in [5.74, 6) is -0.819. The Balaban J connectivity index is 2.57. The Kier molecular flexibility index (Phi) is 2.07. The molecule has 0 atom stereocenters. The molecule has 0 amide bonds. The van der Waals surface area contributed by atoms with Gasteiger partial charge in [0.05, 0.1) is 5.69 Å². The monoisotopic (exact) mass is 194 g/mol. The molecule has 2 heterocycles. The van der Waals surface area contributed by atoms with E-state index in [-0.39, 0.29) is 11.5 Å². The maximum Gasteiger partial charge on any atom is 0.356 e. The molecule has 0 spiro atoms. The highest BCUT2D eigenvalue weighted by atomic mass is 16.4. The fourth-order valence-corrected chi connectivity index (χ4v) is 1.83. The largest absolute Gasteiger partial charge is 0.476 e. The van der Waals surface area contributed by atoms with E-state index in [1.54, 1.807) is 4.57 Å². The number of carbonyl (C=O) groups is 2. The Morgan fingerprint density at radius 1 is 1.50 bits per heavy atom. The van der Waals surface area contributed by atoms with Crippen molar-refractivity contribution < 1.29 is 14.7 Å². The van der Waals surface area contributed by atoms with Gasteiger partial charge in [0.2, 0.25) is 0 Å². The first kappa shape index (κ1) is 8.93. The standard InChI is InChI=1S/C9H10N2O3/c12-5-7-10-8(9(13)14)6-3-1-2-4-11(6)7/h5H,1-4H2,(H,13,14). The second-order valence-electron chi connectivity index (χ2n) is 3.30. The summed E-state index contributed by atoms with van der Waals surface area (Å²) >= 11 is 0. The van der Waals surface area contributed by atoms with Gasteiger partial charge in [-0.25, -0.2) is 9.78 Å². The van der Waals surface area contributed by atoms with Gasteiger partial charge in [-0.1, -0.05) is 0 Å². The molecule has 14 heavy (non-hydrogen) atoms. The molecule has 0 unspecified atom stereocenters. The van der Waals surface area contributed by atoms with Crippen LogP contribution in [0.15, 0.2) is 0 Å². The van der Waals surface area contributed by atoms with E-state index in [2.05, 4.69) is 4.98 Å². The van der Waals surface area contributed by atoms with Crippen molar-refractivity contribution in [2.75, 3.05) is 0 Å². The molecule has 0 saturated carbocycles. The maximum absolute atomic E-state index is 10.8. The number of carbonyl (C=O) groups excluding carboxylic acids is 1. The fraction of sp³-hybridized carbons (Fsp3) is 0.444. The third-order valence-corrected chi connectivity index (χ3v) is 2.46. The molecule has 74 valence electrons. The Labute approximate surface area is 80.4 Å². The van der Waals surface area contributed by atoms with Crippen molar-refractivity contribution in [3.63, 3.8) is 0 Å². The first-order chi connectivity index (χ1) is 6.74. The quantitative estimate of drug-likeness (QED) is 0.704. The molecule has 5 heteroatoms. The lowest BCUT2D eigenvalue weighted by molar-refractivity contribution is 0.0689. The van der Waals surface area contributed by atoms with Crippen LogP contribution in [0.1, 0.15) is 39.6 Å². The highest BCUT2D eigenvalue weighted by molar-refractivity contribution is 5.88. The normalized spacial score (nSPS) is 14.9. The van der Waals surface area contributed by atoms with Gasteiger partial charge >= 0.3 is 5.97 Å². The van der Waals surface area contributed by atoms with Crippen LogP contribution in [0, 0.1) is 0 Å². The lowest BCUT2D eigenvalue weighted by Gasteiger charge is -2.14. The number of fused-ring (bicyclic) bond motifs is 1. The van der Waals surface area contributed by atoms with Crippen molar-refractivity contribution >= 4 is 12.3 Å². The zero-order valence-electron chi connectivity index (χ0n) is 7.56. The van der Waals surface area contributed by atoms with E-state index >= 15 is 0 Å². The molecule has 1 aliphatic rings. The van der Waals surface area contributed by atoms with Crippen LogP contribution in [0.2, 0.25) is 0 Å². The molecule has 0 saturated heterocycles. The Hall–Kier alpha value is -1.65. The molecular weight excluding hydrogens is 184 g/mol. The zero-order valence-corrected chi connectivity index (χ0v) is 7.56. The molecule has 1 aromatic rings. The molecule has 1 aliphatic heterocycles. The fourth-order valence-electron chi connectivity index (χ4n) is 1.83. The van der Waals surface area contributed by atoms with Crippen molar-refractivity contribution in [1.29, 1.82) is 0 Å². The van der Waals surface area contributed by atoms with Gasteiger partial charge in [-0.15, -0.1) is 0 Å². The number of hydrogen-bond acceptors (Lipinski definition) is 3. The van der Waals surface area contributed by atoms with Crippen LogP contribution >= 0.6 is 0 Å². The van der Waals surface area contributed by atoms with Crippen molar-refractivity contribution in [3.8, 4) is 0 Å². The zero-order chi connectivity index (χ0) is 10.1. The van der Waals surface area contributed by atoms with E-state index in [1.807, 2.05) is 0 Å². The number of aromatic nitrogens is 2. The minimum Gasteiger partial charge on any atom is -0.476 e. The summed E-state index contributed by atoms with van der Waals surface area (Å²) in [6.45, 7) is 0.698. The van der Waals surface area contributed by atoms with E-state index in [0.29, 0.717) is 24.9 Å². The smallest absolute Gasteiger partial charge is 0.356 e. The Morgan fingerprint density at radius 2 is 2.29 bits per heavy atom. The maximum atomic E-state index is 10.8. The highest BCUT2D eigenvalue weighted by Gasteiger charge is 2.23. The van der Waals surface area contributed by atoms with Gasteiger partial charge in [-0.3, -0.25) is 4.79 Å². The predicted octanol–water partition coefficient (Wildman–Crippen LogP) is 0.730. The van der Waals surface area contributed by atoms with Crippen molar-refractivity contribution in [2.24, 2.45) is 0 Å². The van der Waals surface area contributed by atoms with Gasteiger partial charge in [-0.2, -0.15) is 0 Å². The minimum atomic E-state index is -1.05. The number of aldehydes is 1. The molecule has 2 rings (SSSR count). The van der Waals surface area contributed by atoms with Crippen LogP contribution in [0.4, 0.5) is 0 Å². The molecule has 0 radical (unpaired) electrons. The van der Waals surface area contributed by atoms with Crippen molar-refractivity contribution in [1.82, 2.24) is 9.55 Å². The van der Waals surface area contributed by atoms with Crippen LogP contribution in [-0.2, 0) is 13.0 Å². The molecule has 0 fully saturated rings.